The molecule has 13 heavy (non-hydrogen) atoms. The van der Waals surface area contributed by atoms with Gasteiger partial charge in [-0.25, -0.2) is 0 Å². The smallest absolute Gasteiger partial charge is 0.0595 e. The second kappa shape index (κ2) is 4.85. The fourth-order valence-electron chi connectivity index (χ4n) is 1.22. The SMILES string of the molecule is CCC[C@H](N)c1ccc(Cl)c(Cl)c1. The number of nitrogens with two attached hydrogens (primary N) is 1. The molecule has 0 bridgehead atoms. The lowest BCUT2D eigenvalue weighted by Gasteiger charge is -2.11. The molecule has 1 atom stereocenters. The minimum Gasteiger partial charge on any atom is -0.324 e. The molecular weight excluding hydrogens is 205 g/mol. The Labute approximate surface area is 88.8 Å². The van der Waals surface area contributed by atoms with Gasteiger partial charge >= 0.3 is 0 Å². The molecule has 1 aromatic carbocycles. The van der Waals surface area contributed by atoms with E-state index in [0.717, 1.165) is 18.4 Å². The largest absolute Gasteiger partial charge is 0.324 e. The van der Waals surface area contributed by atoms with E-state index in [-0.39, 0.29) is 6.04 Å². The highest BCUT2D eigenvalue weighted by Gasteiger charge is 2.06. The summed E-state index contributed by atoms with van der Waals surface area (Å²) in [6, 6.07) is 5.62. The topological polar surface area (TPSA) is 26.0 Å². The predicted molar refractivity (Wildman–Crippen MR) is 58.3 cm³/mol. The van der Waals surface area contributed by atoms with Crippen molar-refractivity contribution in [2.24, 2.45) is 5.73 Å². The predicted octanol–water partition coefficient (Wildman–Crippen LogP) is 3.79. The van der Waals surface area contributed by atoms with Gasteiger partial charge in [0.15, 0.2) is 0 Å². The molecule has 0 aromatic heterocycles. The van der Waals surface area contributed by atoms with Gasteiger partial charge in [-0.3, -0.25) is 0 Å². The first kappa shape index (κ1) is 10.8. The molecule has 0 spiro atoms. The molecule has 0 aliphatic heterocycles. The van der Waals surface area contributed by atoms with Gasteiger partial charge in [-0.2, -0.15) is 0 Å². The van der Waals surface area contributed by atoms with Crippen molar-refractivity contribution >= 4 is 23.2 Å². The lowest BCUT2D eigenvalue weighted by Crippen LogP contribution is -2.09. The van der Waals surface area contributed by atoms with Gasteiger partial charge in [0, 0.05) is 6.04 Å². The molecule has 0 unspecified atom stereocenters. The summed E-state index contributed by atoms with van der Waals surface area (Å²) in [5, 5.41) is 1.15. The van der Waals surface area contributed by atoms with Crippen LogP contribution < -0.4 is 5.73 Å². The van der Waals surface area contributed by atoms with Gasteiger partial charge in [0.2, 0.25) is 0 Å². The first-order chi connectivity index (χ1) is 6.15. The van der Waals surface area contributed by atoms with Crippen LogP contribution >= 0.6 is 23.2 Å². The van der Waals surface area contributed by atoms with E-state index in [9.17, 15) is 0 Å². The maximum absolute atomic E-state index is 5.92. The van der Waals surface area contributed by atoms with E-state index >= 15 is 0 Å². The number of benzene rings is 1. The first-order valence-corrected chi connectivity index (χ1v) is 5.11. The molecule has 0 amide bonds. The van der Waals surface area contributed by atoms with Gasteiger partial charge in [-0.1, -0.05) is 42.6 Å². The Morgan fingerprint density at radius 1 is 1.31 bits per heavy atom. The summed E-state index contributed by atoms with van der Waals surface area (Å²) in [5.74, 6) is 0. The standard InChI is InChI=1S/C10H13Cl2N/c1-2-3-10(13)7-4-5-8(11)9(12)6-7/h4-6,10H,2-3,13H2,1H3/t10-/m0/s1. The summed E-state index contributed by atoms with van der Waals surface area (Å²) in [5.41, 5.74) is 6.97. The van der Waals surface area contributed by atoms with Gasteiger partial charge in [-0.15, -0.1) is 0 Å². The molecule has 0 saturated carbocycles. The fourth-order valence-corrected chi connectivity index (χ4v) is 1.53. The average molecular weight is 218 g/mol. The Kier molecular flexibility index (Phi) is 4.04. The summed E-state index contributed by atoms with van der Waals surface area (Å²) < 4.78 is 0. The van der Waals surface area contributed by atoms with Gasteiger partial charge in [0.05, 0.1) is 10.0 Å². The summed E-state index contributed by atoms with van der Waals surface area (Å²) in [6.45, 7) is 2.11. The maximum atomic E-state index is 5.92. The average Bonchev–Trinajstić information content (AvgIpc) is 2.10. The van der Waals surface area contributed by atoms with Crippen LogP contribution in [0.25, 0.3) is 0 Å². The molecule has 0 radical (unpaired) electrons. The monoisotopic (exact) mass is 217 g/mol. The van der Waals surface area contributed by atoms with Crippen LogP contribution in [0, 0.1) is 0 Å². The van der Waals surface area contributed by atoms with Crippen molar-refractivity contribution in [2.45, 2.75) is 25.8 Å². The van der Waals surface area contributed by atoms with E-state index in [0.29, 0.717) is 10.0 Å². The molecule has 3 heteroatoms. The van der Waals surface area contributed by atoms with Crippen molar-refractivity contribution in [3.63, 3.8) is 0 Å². The molecule has 0 aliphatic rings. The van der Waals surface area contributed by atoms with E-state index in [1.165, 1.54) is 0 Å². The molecule has 0 heterocycles. The van der Waals surface area contributed by atoms with Gasteiger partial charge in [0.25, 0.3) is 0 Å². The Morgan fingerprint density at radius 2 is 2.00 bits per heavy atom. The highest BCUT2D eigenvalue weighted by Crippen LogP contribution is 2.26. The first-order valence-electron chi connectivity index (χ1n) is 4.35. The normalized spacial score (nSPS) is 12.9. The zero-order valence-corrected chi connectivity index (χ0v) is 9.07. The van der Waals surface area contributed by atoms with Crippen LogP contribution in [-0.4, -0.2) is 0 Å². The van der Waals surface area contributed by atoms with Crippen LogP contribution in [0.3, 0.4) is 0 Å². The minimum absolute atomic E-state index is 0.0692. The third-order valence-electron chi connectivity index (χ3n) is 1.97. The van der Waals surface area contributed by atoms with E-state index in [2.05, 4.69) is 6.92 Å². The van der Waals surface area contributed by atoms with Crippen LogP contribution in [-0.2, 0) is 0 Å². The quantitative estimate of drug-likeness (QED) is 0.820. The molecule has 1 rings (SSSR count). The highest BCUT2D eigenvalue weighted by atomic mass is 35.5. The van der Waals surface area contributed by atoms with Crippen LogP contribution in [0.2, 0.25) is 10.0 Å². The van der Waals surface area contributed by atoms with Crippen molar-refractivity contribution in [1.29, 1.82) is 0 Å². The Hall–Kier alpha value is -0.240. The molecule has 1 nitrogen and oxygen atoms in total. The minimum atomic E-state index is 0.0692. The van der Waals surface area contributed by atoms with Crippen LogP contribution in [0.1, 0.15) is 31.4 Å². The molecule has 2 N–H and O–H groups in total. The number of hydrogen-bond acceptors (Lipinski definition) is 1. The molecule has 0 saturated heterocycles. The Morgan fingerprint density at radius 3 is 2.54 bits per heavy atom. The lowest BCUT2D eigenvalue weighted by atomic mass is 10.0. The van der Waals surface area contributed by atoms with Gasteiger partial charge in [0.1, 0.15) is 0 Å². The second-order valence-corrected chi connectivity index (χ2v) is 3.88. The van der Waals surface area contributed by atoms with Crippen molar-refractivity contribution in [3.05, 3.63) is 33.8 Å². The molecule has 0 fully saturated rings. The zero-order chi connectivity index (χ0) is 9.84. The van der Waals surface area contributed by atoms with E-state index in [1.807, 2.05) is 12.1 Å². The van der Waals surface area contributed by atoms with Gasteiger partial charge in [-0.05, 0) is 24.1 Å². The molecular formula is C10H13Cl2N. The van der Waals surface area contributed by atoms with Crippen molar-refractivity contribution in [1.82, 2.24) is 0 Å². The molecule has 1 aromatic rings. The van der Waals surface area contributed by atoms with Crippen molar-refractivity contribution in [2.75, 3.05) is 0 Å². The Bertz CT molecular complexity index is 286. The summed E-state index contributed by atoms with van der Waals surface area (Å²) in [6.07, 6.45) is 2.04. The van der Waals surface area contributed by atoms with Crippen LogP contribution in [0.15, 0.2) is 18.2 Å². The maximum Gasteiger partial charge on any atom is 0.0595 e. The zero-order valence-electron chi connectivity index (χ0n) is 7.56. The highest BCUT2D eigenvalue weighted by molar-refractivity contribution is 6.42. The molecule has 72 valence electrons. The third-order valence-corrected chi connectivity index (χ3v) is 2.71. The van der Waals surface area contributed by atoms with Crippen LogP contribution in [0.4, 0.5) is 0 Å². The van der Waals surface area contributed by atoms with Crippen molar-refractivity contribution < 1.29 is 0 Å². The number of halogens is 2. The summed E-state index contributed by atoms with van der Waals surface area (Å²) >= 11 is 11.7. The summed E-state index contributed by atoms with van der Waals surface area (Å²) in [4.78, 5) is 0. The van der Waals surface area contributed by atoms with E-state index in [1.54, 1.807) is 6.07 Å². The lowest BCUT2D eigenvalue weighted by molar-refractivity contribution is 0.638. The number of rotatable bonds is 3. The molecule has 0 aliphatic carbocycles. The Balaban J connectivity index is 2.84. The summed E-state index contributed by atoms with van der Waals surface area (Å²) in [7, 11) is 0. The number of hydrogen-bond donors (Lipinski definition) is 1. The van der Waals surface area contributed by atoms with E-state index < -0.39 is 0 Å². The second-order valence-electron chi connectivity index (χ2n) is 3.07. The van der Waals surface area contributed by atoms with Crippen LogP contribution in [0.5, 0.6) is 0 Å². The van der Waals surface area contributed by atoms with E-state index in [4.69, 9.17) is 28.9 Å². The third kappa shape index (κ3) is 2.87. The fraction of sp³-hybridized carbons (Fsp3) is 0.400. The van der Waals surface area contributed by atoms with Gasteiger partial charge < -0.3 is 5.73 Å². The van der Waals surface area contributed by atoms with Crippen molar-refractivity contribution in [3.8, 4) is 0 Å².